The summed E-state index contributed by atoms with van der Waals surface area (Å²) in [6.07, 6.45) is 5.78. The molecule has 0 heterocycles. The summed E-state index contributed by atoms with van der Waals surface area (Å²) in [6.45, 7) is 1.99. The van der Waals surface area contributed by atoms with Crippen molar-refractivity contribution in [3.05, 3.63) is 12.2 Å². The second-order valence-corrected chi connectivity index (χ2v) is 9.29. The van der Waals surface area contributed by atoms with Crippen LogP contribution in [0.1, 0.15) is 19.8 Å². The highest BCUT2D eigenvalue weighted by Crippen LogP contribution is 2.77. The molecule has 2 aliphatic carbocycles. The summed E-state index contributed by atoms with van der Waals surface area (Å²) in [5.74, 6) is -0.00231. The molecule has 0 spiro atoms. The molecule has 0 saturated heterocycles. The Kier molecular flexibility index (Phi) is 3.25. The zero-order valence-corrected chi connectivity index (χ0v) is 12.9. The van der Waals surface area contributed by atoms with Crippen molar-refractivity contribution >= 4 is 69.6 Å². The third-order valence-corrected chi connectivity index (χ3v) is 5.81. The average molecular weight is 343 g/mol. The Hall–Kier alpha value is 1.48. The van der Waals surface area contributed by atoms with E-state index in [1.807, 2.05) is 19.1 Å². The first-order chi connectivity index (χ1) is 7.06. The van der Waals surface area contributed by atoms with Crippen molar-refractivity contribution in [1.82, 2.24) is 0 Å². The summed E-state index contributed by atoms with van der Waals surface area (Å²) < 4.78 is -3.23. The van der Waals surface area contributed by atoms with Crippen LogP contribution in [-0.4, -0.2) is 7.59 Å². The van der Waals surface area contributed by atoms with Crippen molar-refractivity contribution in [2.24, 2.45) is 16.7 Å². The zero-order chi connectivity index (χ0) is 12.4. The van der Waals surface area contributed by atoms with Crippen molar-refractivity contribution in [1.29, 1.82) is 0 Å². The number of alkyl halides is 6. The molecule has 0 radical (unpaired) electrons. The van der Waals surface area contributed by atoms with E-state index in [0.29, 0.717) is 0 Å². The largest absolute Gasteiger partial charge is 0.201 e. The highest BCUT2D eigenvalue weighted by atomic mass is 35.6. The van der Waals surface area contributed by atoms with Crippen molar-refractivity contribution in [3.8, 4) is 0 Å². The number of hydrogen-bond donors (Lipinski definition) is 0. The van der Waals surface area contributed by atoms with Crippen LogP contribution in [0.25, 0.3) is 0 Å². The molecule has 1 fully saturated rings. The van der Waals surface area contributed by atoms with Gasteiger partial charge in [-0.15, -0.1) is 0 Å². The van der Waals surface area contributed by atoms with Gasteiger partial charge in [-0.05, 0) is 24.2 Å². The molecule has 0 nitrogen and oxygen atoms in total. The van der Waals surface area contributed by atoms with Crippen LogP contribution in [0.5, 0.6) is 0 Å². The molecular formula is C10H10Cl6. The lowest BCUT2D eigenvalue weighted by molar-refractivity contribution is 0.136. The third kappa shape index (κ3) is 1.50. The minimum Gasteiger partial charge on any atom is -0.0839 e. The summed E-state index contributed by atoms with van der Waals surface area (Å²) in [6, 6.07) is 0. The van der Waals surface area contributed by atoms with Crippen LogP contribution in [0.3, 0.4) is 0 Å². The molecular weight excluding hydrogens is 333 g/mol. The molecule has 0 amide bonds. The predicted octanol–water partition coefficient (Wildman–Crippen LogP) is 5.70. The fourth-order valence-corrected chi connectivity index (χ4v) is 6.73. The predicted molar refractivity (Wildman–Crippen MR) is 73.0 cm³/mol. The molecule has 0 N–H and O–H groups in total. The van der Waals surface area contributed by atoms with Crippen molar-refractivity contribution in [3.63, 3.8) is 0 Å². The van der Waals surface area contributed by atoms with Gasteiger partial charge in [0.15, 0.2) is 0 Å². The Morgan fingerprint density at radius 1 is 1.06 bits per heavy atom. The Morgan fingerprint density at radius 2 is 1.56 bits per heavy atom. The summed E-state index contributed by atoms with van der Waals surface area (Å²) in [5.41, 5.74) is -1.36. The lowest BCUT2D eigenvalue weighted by Gasteiger charge is -2.50. The quantitative estimate of drug-likeness (QED) is 0.391. The summed E-state index contributed by atoms with van der Waals surface area (Å²) in [7, 11) is 0. The summed E-state index contributed by atoms with van der Waals surface area (Å²) in [4.78, 5) is 0. The Bertz CT molecular complexity index is 322. The van der Waals surface area contributed by atoms with Crippen molar-refractivity contribution < 1.29 is 0 Å². The van der Waals surface area contributed by atoms with Crippen LogP contribution in [0, 0.1) is 16.7 Å². The molecule has 0 aliphatic heterocycles. The van der Waals surface area contributed by atoms with Crippen LogP contribution < -0.4 is 0 Å². The van der Waals surface area contributed by atoms with Gasteiger partial charge in [0, 0.05) is 0 Å². The van der Waals surface area contributed by atoms with Gasteiger partial charge in [0.2, 0.25) is 7.59 Å². The minimum atomic E-state index is -1.61. The molecule has 0 aromatic carbocycles. The highest BCUT2D eigenvalue weighted by Gasteiger charge is 2.75. The van der Waals surface area contributed by atoms with E-state index in [9.17, 15) is 0 Å². The molecule has 2 atom stereocenters. The van der Waals surface area contributed by atoms with Crippen molar-refractivity contribution in [2.75, 3.05) is 0 Å². The maximum Gasteiger partial charge on any atom is 0.201 e. The molecule has 92 valence electrons. The van der Waals surface area contributed by atoms with Gasteiger partial charge in [-0.2, -0.15) is 0 Å². The number of hydrogen-bond acceptors (Lipinski definition) is 0. The second kappa shape index (κ2) is 3.74. The number of halogens is 6. The molecule has 2 unspecified atom stereocenters. The van der Waals surface area contributed by atoms with E-state index in [4.69, 9.17) is 69.6 Å². The Morgan fingerprint density at radius 3 is 1.69 bits per heavy atom. The maximum atomic E-state index is 6.14. The van der Waals surface area contributed by atoms with Gasteiger partial charge in [0.1, 0.15) is 0 Å². The average Bonchev–Trinajstić information content (AvgIpc) is 2.49. The van der Waals surface area contributed by atoms with E-state index in [2.05, 4.69) is 0 Å². The van der Waals surface area contributed by atoms with E-state index in [1.54, 1.807) is 0 Å². The summed E-state index contributed by atoms with van der Waals surface area (Å²) >= 11 is 36.8. The van der Waals surface area contributed by atoms with Crippen molar-refractivity contribution in [2.45, 2.75) is 27.4 Å². The molecule has 2 rings (SSSR count). The van der Waals surface area contributed by atoms with E-state index in [1.165, 1.54) is 0 Å². The van der Waals surface area contributed by atoms with Gasteiger partial charge in [0.05, 0.1) is 5.41 Å². The van der Waals surface area contributed by atoms with Crippen LogP contribution in [0.4, 0.5) is 0 Å². The van der Waals surface area contributed by atoms with Gasteiger partial charge in [-0.25, -0.2) is 0 Å². The van der Waals surface area contributed by atoms with E-state index >= 15 is 0 Å². The maximum absolute atomic E-state index is 6.14. The van der Waals surface area contributed by atoms with Crippen LogP contribution in [0.15, 0.2) is 12.2 Å². The normalized spacial score (nSPS) is 37.1. The van der Waals surface area contributed by atoms with E-state index in [0.717, 1.165) is 12.8 Å². The monoisotopic (exact) mass is 340 g/mol. The molecule has 2 aliphatic rings. The zero-order valence-electron chi connectivity index (χ0n) is 8.41. The smallest absolute Gasteiger partial charge is 0.0839 e. The van der Waals surface area contributed by atoms with Crippen LogP contribution in [0.2, 0.25) is 0 Å². The highest BCUT2D eigenvalue weighted by molar-refractivity contribution is 6.73. The third-order valence-electron chi connectivity index (χ3n) is 4.02. The van der Waals surface area contributed by atoms with Gasteiger partial charge < -0.3 is 0 Å². The topological polar surface area (TPSA) is 0 Å². The molecule has 0 aromatic rings. The number of rotatable bonds is 0. The first kappa shape index (κ1) is 13.9. The minimum absolute atomic E-state index is 0.00231. The Labute approximate surface area is 125 Å². The van der Waals surface area contributed by atoms with Crippen LogP contribution in [-0.2, 0) is 0 Å². The molecule has 16 heavy (non-hydrogen) atoms. The van der Waals surface area contributed by atoms with Crippen LogP contribution >= 0.6 is 69.6 Å². The Balaban J connectivity index is 2.64. The fraction of sp³-hybridized carbons (Fsp3) is 0.800. The van der Waals surface area contributed by atoms with Gasteiger partial charge in [-0.3, -0.25) is 0 Å². The lowest BCUT2D eigenvalue weighted by Crippen LogP contribution is -2.54. The number of fused-ring (bicyclic) bond motifs is 2. The standard InChI is InChI=1S/C10H10Cl6/c1-7-4-2-6(3-5-7)8(7,9(11,12)13)10(14,15)16/h2,4,6H,3,5H2,1H3. The first-order valence-electron chi connectivity index (χ1n) is 4.89. The SMILES string of the molecule is CC12C=CC(CC1)C2(C(Cl)(Cl)Cl)C(Cl)(Cl)Cl. The molecule has 2 bridgehead atoms. The number of allylic oxidation sites excluding steroid dienone is 2. The van der Waals surface area contributed by atoms with Gasteiger partial charge >= 0.3 is 0 Å². The molecule has 6 heteroatoms. The van der Waals surface area contributed by atoms with E-state index in [-0.39, 0.29) is 11.3 Å². The first-order valence-corrected chi connectivity index (χ1v) is 7.16. The van der Waals surface area contributed by atoms with Gasteiger partial charge in [0.25, 0.3) is 0 Å². The second-order valence-electron chi connectivity index (χ2n) is 4.73. The lowest BCUT2D eigenvalue weighted by atomic mass is 9.69. The van der Waals surface area contributed by atoms with E-state index < -0.39 is 13.0 Å². The summed E-state index contributed by atoms with van der Waals surface area (Å²) in [5, 5.41) is 0. The van der Waals surface area contributed by atoms with Gasteiger partial charge in [-0.1, -0.05) is 88.7 Å². The molecule has 0 aromatic heterocycles. The fourth-order valence-electron chi connectivity index (χ4n) is 3.31. The molecule has 1 saturated carbocycles.